The zero-order chi connectivity index (χ0) is 20.2. The topological polar surface area (TPSA) is 122 Å². The van der Waals surface area contributed by atoms with Crippen molar-refractivity contribution < 1.29 is 14.3 Å². The Morgan fingerprint density at radius 3 is 2.52 bits per heavy atom. The first-order chi connectivity index (χ1) is 12.5. The minimum atomic E-state index is -0.644. The molecule has 1 aromatic carbocycles. The van der Waals surface area contributed by atoms with Gasteiger partial charge in [-0.25, -0.2) is 19.6 Å². The summed E-state index contributed by atoms with van der Waals surface area (Å²) in [5.74, 6) is 0.518. The van der Waals surface area contributed by atoms with Gasteiger partial charge in [-0.1, -0.05) is 6.07 Å². The maximum atomic E-state index is 12.5. The fourth-order valence-electron chi connectivity index (χ4n) is 2.08. The molecule has 0 atom stereocenters. The monoisotopic (exact) mass is 372 g/mol. The molecule has 1 heterocycles. The molecule has 0 saturated heterocycles. The summed E-state index contributed by atoms with van der Waals surface area (Å²) < 4.78 is 5.18. The number of rotatable bonds is 3. The zero-order valence-electron chi connectivity index (χ0n) is 16.0. The van der Waals surface area contributed by atoms with Gasteiger partial charge in [-0.2, -0.15) is 0 Å². The van der Waals surface area contributed by atoms with Gasteiger partial charge >= 0.3 is 12.1 Å². The Balaban J connectivity index is 2.09. The SMILES string of the molecule is Cc1ccc(N)cc1NC(=O)N(C)c1cc(NC(=O)OC(C)(C)C)ncn1. The van der Waals surface area contributed by atoms with Crippen LogP contribution in [0.15, 0.2) is 30.6 Å². The molecule has 0 fully saturated rings. The molecule has 9 nitrogen and oxygen atoms in total. The smallest absolute Gasteiger partial charge is 0.413 e. The van der Waals surface area contributed by atoms with E-state index in [9.17, 15) is 9.59 Å². The van der Waals surface area contributed by atoms with Crippen molar-refractivity contribution in [3.05, 3.63) is 36.2 Å². The number of nitrogen functional groups attached to an aromatic ring is 1. The number of hydrogen-bond acceptors (Lipinski definition) is 6. The van der Waals surface area contributed by atoms with Gasteiger partial charge in [0.25, 0.3) is 0 Å². The van der Waals surface area contributed by atoms with Gasteiger partial charge in [0.2, 0.25) is 0 Å². The number of nitrogens with two attached hydrogens (primary N) is 1. The molecule has 0 aliphatic carbocycles. The molecule has 0 saturated carbocycles. The molecule has 0 aliphatic rings. The van der Waals surface area contributed by atoms with Gasteiger partial charge in [0, 0.05) is 24.5 Å². The second kappa shape index (κ2) is 7.90. The maximum absolute atomic E-state index is 12.5. The third-order valence-corrected chi connectivity index (χ3v) is 3.43. The molecule has 0 radical (unpaired) electrons. The highest BCUT2D eigenvalue weighted by molar-refractivity contribution is 6.01. The van der Waals surface area contributed by atoms with Crippen molar-refractivity contribution in [2.24, 2.45) is 0 Å². The summed E-state index contributed by atoms with van der Waals surface area (Å²) >= 11 is 0. The number of urea groups is 1. The Labute approximate surface area is 157 Å². The van der Waals surface area contributed by atoms with Crippen molar-refractivity contribution in [1.29, 1.82) is 0 Å². The number of benzene rings is 1. The average Bonchev–Trinajstić information content (AvgIpc) is 2.56. The van der Waals surface area contributed by atoms with Crippen LogP contribution < -0.4 is 21.3 Å². The summed E-state index contributed by atoms with van der Waals surface area (Å²) in [6, 6.07) is 6.31. The highest BCUT2D eigenvalue weighted by Gasteiger charge is 2.18. The van der Waals surface area contributed by atoms with Crippen LogP contribution in [0.5, 0.6) is 0 Å². The molecule has 0 aliphatic heterocycles. The summed E-state index contributed by atoms with van der Waals surface area (Å²) in [6.07, 6.45) is 0.604. The van der Waals surface area contributed by atoms with E-state index in [1.54, 1.807) is 40.0 Å². The quantitative estimate of drug-likeness (QED) is 0.710. The number of aromatic nitrogens is 2. The number of anilines is 4. The lowest BCUT2D eigenvalue weighted by Gasteiger charge is -2.20. The number of aryl methyl sites for hydroxylation is 1. The Bertz CT molecular complexity index is 847. The molecule has 27 heavy (non-hydrogen) atoms. The van der Waals surface area contributed by atoms with E-state index in [1.807, 2.05) is 13.0 Å². The van der Waals surface area contributed by atoms with E-state index in [2.05, 4.69) is 20.6 Å². The van der Waals surface area contributed by atoms with Crippen LogP contribution in [0.2, 0.25) is 0 Å². The van der Waals surface area contributed by atoms with Crippen LogP contribution in [0.3, 0.4) is 0 Å². The molecule has 3 amide bonds. The van der Waals surface area contributed by atoms with E-state index in [-0.39, 0.29) is 5.82 Å². The van der Waals surface area contributed by atoms with Crippen molar-refractivity contribution in [3.63, 3.8) is 0 Å². The standard InChI is InChI=1S/C18H24N6O3/c1-11-6-7-12(19)8-13(11)22-16(25)24(5)15-9-14(20-10-21-15)23-17(26)27-18(2,3)4/h6-10H,19H2,1-5H3,(H,22,25)(H,20,21,23,26). The van der Waals surface area contributed by atoms with E-state index < -0.39 is 17.7 Å². The fraction of sp³-hybridized carbons (Fsp3) is 0.333. The minimum Gasteiger partial charge on any atom is -0.444 e. The molecule has 4 N–H and O–H groups in total. The van der Waals surface area contributed by atoms with Crippen molar-refractivity contribution in [1.82, 2.24) is 9.97 Å². The van der Waals surface area contributed by atoms with E-state index in [4.69, 9.17) is 10.5 Å². The average molecular weight is 372 g/mol. The highest BCUT2D eigenvalue weighted by Crippen LogP contribution is 2.20. The molecule has 144 valence electrons. The Morgan fingerprint density at radius 2 is 1.85 bits per heavy atom. The van der Waals surface area contributed by atoms with Crippen LogP contribution in [0.25, 0.3) is 0 Å². The van der Waals surface area contributed by atoms with Crippen LogP contribution in [0.4, 0.5) is 32.6 Å². The lowest BCUT2D eigenvalue weighted by Crippen LogP contribution is -2.32. The van der Waals surface area contributed by atoms with E-state index in [0.717, 1.165) is 5.56 Å². The highest BCUT2D eigenvalue weighted by atomic mass is 16.6. The zero-order valence-corrected chi connectivity index (χ0v) is 16.0. The summed E-state index contributed by atoms with van der Waals surface area (Å²) in [5, 5.41) is 5.29. The van der Waals surface area contributed by atoms with Gasteiger partial charge in [0.1, 0.15) is 23.6 Å². The number of nitrogens with one attached hydrogen (secondary N) is 2. The minimum absolute atomic E-state index is 0.217. The third kappa shape index (κ3) is 5.84. The molecule has 1 aromatic heterocycles. The fourth-order valence-corrected chi connectivity index (χ4v) is 2.08. The van der Waals surface area contributed by atoms with Crippen molar-refractivity contribution in [2.45, 2.75) is 33.3 Å². The van der Waals surface area contributed by atoms with Gasteiger partial charge in [-0.05, 0) is 45.4 Å². The maximum Gasteiger partial charge on any atom is 0.413 e. The van der Waals surface area contributed by atoms with Crippen molar-refractivity contribution >= 4 is 35.1 Å². The van der Waals surface area contributed by atoms with Crippen LogP contribution in [-0.4, -0.2) is 34.7 Å². The summed E-state index contributed by atoms with van der Waals surface area (Å²) in [4.78, 5) is 33.7. The summed E-state index contributed by atoms with van der Waals surface area (Å²) in [7, 11) is 1.55. The number of carbonyl (C=O) groups is 2. The Morgan fingerprint density at radius 1 is 1.15 bits per heavy atom. The first-order valence-electron chi connectivity index (χ1n) is 8.28. The number of hydrogen-bond donors (Lipinski definition) is 3. The van der Waals surface area contributed by atoms with Gasteiger partial charge in [-0.15, -0.1) is 0 Å². The number of amides is 3. The molecule has 2 rings (SSSR count). The van der Waals surface area contributed by atoms with Crippen molar-refractivity contribution in [3.8, 4) is 0 Å². The van der Waals surface area contributed by atoms with E-state index >= 15 is 0 Å². The molecular weight excluding hydrogens is 348 g/mol. The predicted octanol–water partition coefficient (Wildman–Crippen LogP) is 3.38. The second-order valence-electron chi connectivity index (χ2n) is 6.95. The van der Waals surface area contributed by atoms with Crippen molar-refractivity contribution in [2.75, 3.05) is 28.3 Å². The molecule has 0 unspecified atom stereocenters. The van der Waals surface area contributed by atoms with E-state index in [1.165, 1.54) is 17.3 Å². The Hall–Kier alpha value is -3.36. The second-order valence-corrected chi connectivity index (χ2v) is 6.95. The van der Waals surface area contributed by atoms with Crippen LogP contribution >= 0.6 is 0 Å². The number of nitrogens with zero attached hydrogens (tertiary/aromatic N) is 3. The van der Waals surface area contributed by atoms with Gasteiger partial charge in [-0.3, -0.25) is 10.2 Å². The largest absolute Gasteiger partial charge is 0.444 e. The van der Waals surface area contributed by atoms with Gasteiger partial charge in [0.05, 0.1) is 0 Å². The first kappa shape index (κ1) is 20.0. The number of carbonyl (C=O) groups excluding carboxylic acids is 2. The lowest BCUT2D eigenvalue weighted by atomic mass is 10.2. The molecule has 2 aromatic rings. The van der Waals surface area contributed by atoms with E-state index in [0.29, 0.717) is 17.2 Å². The third-order valence-electron chi connectivity index (χ3n) is 3.43. The van der Waals surface area contributed by atoms with Gasteiger partial charge in [0.15, 0.2) is 0 Å². The summed E-state index contributed by atoms with van der Waals surface area (Å²) in [6.45, 7) is 7.14. The van der Waals surface area contributed by atoms with Gasteiger partial charge < -0.3 is 15.8 Å². The predicted molar refractivity (Wildman–Crippen MR) is 105 cm³/mol. The molecule has 0 spiro atoms. The molecule has 9 heteroatoms. The number of ether oxygens (including phenoxy) is 1. The Kier molecular flexibility index (Phi) is 5.84. The van der Waals surface area contributed by atoms with Crippen LogP contribution in [0.1, 0.15) is 26.3 Å². The molecular formula is C18H24N6O3. The molecule has 0 bridgehead atoms. The van der Waals surface area contributed by atoms with Crippen LogP contribution in [0, 0.1) is 6.92 Å². The first-order valence-corrected chi connectivity index (χ1v) is 8.28. The lowest BCUT2D eigenvalue weighted by molar-refractivity contribution is 0.0635. The van der Waals surface area contributed by atoms with Crippen LogP contribution in [-0.2, 0) is 4.74 Å². The normalized spacial score (nSPS) is 10.9. The summed E-state index contributed by atoms with van der Waals surface area (Å²) in [5.41, 5.74) is 7.16.